The van der Waals surface area contributed by atoms with E-state index in [0.717, 1.165) is 72.8 Å². The SMILES string of the molecule is [2H]C(C)(C)c1ccnc(-n2c3c(c4ccc(Oc5cc(-n6[c-][n+](-c7cccc(C(C)(C)C)c7)c7ccccc76)cc(C(C)(C)C)c5)cc42)-c2cccc4cccc(c24)-c2ccccc2-3)c1. The number of rotatable bonds is 6. The number of pyridine rings is 1. The summed E-state index contributed by atoms with van der Waals surface area (Å²) in [5.41, 5.74) is 15.2. The van der Waals surface area contributed by atoms with Crippen molar-refractivity contribution in [3.8, 4) is 62.2 Å². The first-order chi connectivity index (χ1) is 31.1. The minimum atomic E-state index is -0.820. The predicted octanol–water partition coefficient (Wildman–Crippen LogP) is 15.0. The van der Waals surface area contributed by atoms with E-state index in [9.17, 15) is 0 Å². The molecule has 3 aromatic heterocycles. The van der Waals surface area contributed by atoms with Crippen LogP contribution < -0.4 is 9.30 Å². The number of hydrogen-bond acceptors (Lipinski definition) is 2. The van der Waals surface area contributed by atoms with Gasteiger partial charge in [-0.2, -0.15) is 0 Å². The normalized spacial score (nSPS) is 12.9. The van der Waals surface area contributed by atoms with Gasteiger partial charge >= 0.3 is 0 Å². The van der Waals surface area contributed by atoms with Crippen molar-refractivity contribution >= 4 is 32.7 Å². The second kappa shape index (κ2) is 14.7. The summed E-state index contributed by atoms with van der Waals surface area (Å²) in [6, 6.07) is 56.3. The third-order valence-corrected chi connectivity index (χ3v) is 12.9. The fraction of sp³-hybridized carbons (Fsp3) is 0.186. The Hall–Kier alpha value is -7.24. The molecule has 0 unspecified atom stereocenters. The number of benzene rings is 7. The molecule has 7 aromatic carbocycles. The van der Waals surface area contributed by atoms with Crippen LogP contribution in [0.1, 0.15) is 79.3 Å². The molecule has 10 aromatic rings. The van der Waals surface area contributed by atoms with Crippen LogP contribution in [0.5, 0.6) is 11.5 Å². The smallest absolute Gasteiger partial charge is 0.269 e. The number of para-hydroxylation sites is 2. The van der Waals surface area contributed by atoms with E-state index in [4.69, 9.17) is 11.1 Å². The maximum absolute atomic E-state index is 9.02. The highest BCUT2D eigenvalue weighted by atomic mass is 16.5. The van der Waals surface area contributed by atoms with E-state index < -0.39 is 5.89 Å². The average Bonchev–Trinajstić information content (AvgIpc) is 3.81. The highest BCUT2D eigenvalue weighted by molar-refractivity contribution is 6.19. The first kappa shape index (κ1) is 38.4. The first-order valence-corrected chi connectivity index (χ1v) is 22.3. The second-order valence-corrected chi connectivity index (χ2v) is 19.5. The largest absolute Gasteiger partial charge is 0.458 e. The molecule has 0 atom stereocenters. The summed E-state index contributed by atoms with van der Waals surface area (Å²) in [4.78, 5) is 5.05. The first-order valence-electron chi connectivity index (χ1n) is 22.8. The van der Waals surface area contributed by atoms with E-state index >= 15 is 0 Å². The van der Waals surface area contributed by atoms with Crippen LogP contribution in [0.15, 0.2) is 164 Å². The molecule has 0 saturated heterocycles. The summed E-state index contributed by atoms with van der Waals surface area (Å²) in [6.07, 6.45) is 5.58. The van der Waals surface area contributed by atoms with Crippen LogP contribution in [-0.4, -0.2) is 14.1 Å². The molecule has 64 heavy (non-hydrogen) atoms. The zero-order valence-corrected chi connectivity index (χ0v) is 37.8. The van der Waals surface area contributed by atoms with Gasteiger partial charge in [-0.05, 0) is 115 Å². The van der Waals surface area contributed by atoms with Crippen molar-refractivity contribution in [3.63, 3.8) is 0 Å². The lowest BCUT2D eigenvalue weighted by molar-refractivity contribution is -0.572. The Labute approximate surface area is 377 Å². The monoisotopic (exact) mass is 833 g/mol. The third-order valence-electron chi connectivity index (χ3n) is 12.9. The second-order valence-electron chi connectivity index (χ2n) is 19.5. The van der Waals surface area contributed by atoms with Crippen LogP contribution in [0.3, 0.4) is 0 Å². The van der Waals surface area contributed by atoms with Gasteiger partial charge in [0.2, 0.25) is 0 Å². The van der Waals surface area contributed by atoms with Crippen LogP contribution in [-0.2, 0) is 10.8 Å². The molecule has 11 rings (SSSR count). The van der Waals surface area contributed by atoms with E-state index in [-0.39, 0.29) is 10.8 Å². The van der Waals surface area contributed by atoms with Crippen LogP contribution in [0.25, 0.3) is 83.4 Å². The summed E-state index contributed by atoms with van der Waals surface area (Å²) >= 11 is 0. The minimum absolute atomic E-state index is 0.00879. The maximum atomic E-state index is 9.02. The number of hydrogen-bond donors (Lipinski definition) is 0. The number of aromatic nitrogens is 4. The zero-order valence-electron chi connectivity index (χ0n) is 38.8. The molecule has 0 saturated carbocycles. The highest BCUT2D eigenvalue weighted by Crippen LogP contribution is 2.52. The molecule has 0 bridgehead atoms. The molecule has 0 N–H and O–H groups in total. The van der Waals surface area contributed by atoms with E-state index in [0.29, 0.717) is 5.75 Å². The lowest BCUT2D eigenvalue weighted by Crippen LogP contribution is -2.30. The zero-order chi connectivity index (χ0) is 45.0. The molecule has 1 aliphatic carbocycles. The molecule has 5 nitrogen and oxygen atoms in total. The Kier molecular flexibility index (Phi) is 8.81. The van der Waals surface area contributed by atoms with Crippen molar-refractivity contribution in [2.24, 2.45) is 0 Å². The van der Waals surface area contributed by atoms with Gasteiger partial charge in [0.05, 0.1) is 33.6 Å². The predicted molar refractivity (Wildman–Crippen MR) is 264 cm³/mol. The Balaban J connectivity index is 1.12. The van der Waals surface area contributed by atoms with Gasteiger partial charge in [-0.25, -0.2) is 4.98 Å². The van der Waals surface area contributed by atoms with Crippen molar-refractivity contribution in [1.82, 2.24) is 14.1 Å². The Morgan fingerprint density at radius 1 is 0.625 bits per heavy atom. The van der Waals surface area contributed by atoms with E-state index in [2.05, 4.69) is 213 Å². The van der Waals surface area contributed by atoms with Crippen LogP contribution >= 0.6 is 0 Å². The number of imidazole rings is 1. The van der Waals surface area contributed by atoms with Crippen molar-refractivity contribution in [1.29, 1.82) is 0 Å². The van der Waals surface area contributed by atoms with Gasteiger partial charge in [-0.1, -0.05) is 152 Å². The summed E-state index contributed by atoms with van der Waals surface area (Å²) < 4.78 is 22.7. The van der Waals surface area contributed by atoms with E-state index in [1.165, 1.54) is 33.0 Å². The Morgan fingerprint density at radius 2 is 1.34 bits per heavy atom. The molecule has 5 heteroatoms. The summed E-state index contributed by atoms with van der Waals surface area (Å²) in [5, 5.41) is 3.53. The summed E-state index contributed by atoms with van der Waals surface area (Å²) in [5.74, 6) is 1.38. The Bertz CT molecular complexity index is 3530. The van der Waals surface area contributed by atoms with Gasteiger partial charge in [0, 0.05) is 30.1 Å². The fourth-order valence-corrected chi connectivity index (χ4v) is 9.54. The molecule has 314 valence electrons. The van der Waals surface area contributed by atoms with Crippen molar-refractivity contribution < 1.29 is 10.7 Å². The lowest BCUT2D eigenvalue weighted by atomic mass is 9.86. The highest BCUT2D eigenvalue weighted by Gasteiger charge is 2.29. The number of fused-ring (bicyclic) bond motifs is 8. The van der Waals surface area contributed by atoms with Crippen LogP contribution in [0.4, 0.5) is 0 Å². The quantitative estimate of drug-likeness (QED) is 0.124. The Morgan fingerprint density at radius 3 is 2.12 bits per heavy atom. The number of ether oxygens (including phenoxy) is 1. The van der Waals surface area contributed by atoms with Gasteiger partial charge in [0.25, 0.3) is 6.33 Å². The molecule has 0 spiro atoms. The van der Waals surface area contributed by atoms with E-state index in [1.807, 2.05) is 26.1 Å². The molecule has 0 aliphatic heterocycles. The standard InChI is InChI=1S/C59H52N4O/c1-37(2)39-28-29-60-54(30-39)63-53-35-44(26-27-49(53)56-50-23-14-17-38-16-13-22-47(55(38)50)46-20-9-10-21-48(46)57(56)63)64-45-33-41(59(6,7)8)32-43(34-45)62-36-61(51-24-11-12-25-52(51)62)42-19-15-18-40(31-42)58(3,4)5/h9-35,37H,1-8H3/i37D. The van der Waals surface area contributed by atoms with Gasteiger partial charge in [-0.3, -0.25) is 13.7 Å². The van der Waals surface area contributed by atoms with Crippen molar-refractivity contribution in [2.75, 3.05) is 0 Å². The maximum Gasteiger partial charge on any atom is 0.269 e. The van der Waals surface area contributed by atoms with Crippen molar-refractivity contribution in [2.45, 2.75) is 72.1 Å². The van der Waals surface area contributed by atoms with Crippen molar-refractivity contribution in [3.05, 3.63) is 187 Å². The molecule has 1 aliphatic rings. The number of nitrogens with zero attached hydrogens (tertiary/aromatic N) is 4. The molecule has 0 fully saturated rings. The summed E-state index contributed by atoms with van der Waals surface area (Å²) in [6.45, 7) is 17.3. The molecule has 0 amide bonds. The van der Waals surface area contributed by atoms with Gasteiger partial charge in [0.1, 0.15) is 17.3 Å². The molecular weight excluding hydrogens is 781 g/mol. The molecular formula is C59H52N4O. The van der Waals surface area contributed by atoms with Gasteiger partial charge in [-0.15, -0.1) is 0 Å². The van der Waals surface area contributed by atoms with Crippen LogP contribution in [0.2, 0.25) is 0 Å². The molecule has 0 radical (unpaired) electrons. The average molecular weight is 834 g/mol. The van der Waals surface area contributed by atoms with Gasteiger partial charge < -0.3 is 4.74 Å². The summed E-state index contributed by atoms with van der Waals surface area (Å²) in [7, 11) is 0. The van der Waals surface area contributed by atoms with E-state index in [1.54, 1.807) is 0 Å². The topological polar surface area (TPSA) is 35.9 Å². The lowest BCUT2D eigenvalue weighted by Gasteiger charge is -2.22. The minimum Gasteiger partial charge on any atom is -0.458 e. The fourth-order valence-electron chi connectivity index (χ4n) is 9.54. The molecule has 3 heterocycles. The van der Waals surface area contributed by atoms with Crippen LogP contribution in [0, 0.1) is 6.33 Å². The van der Waals surface area contributed by atoms with Gasteiger partial charge in [0.15, 0.2) is 0 Å². The third kappa shape index (κ3) is 6.52.